The Balaban J connectivity index is 2.14. The van der Waals surface area contributed by atoms with E-state index in [1.807, 2.05) is 12.1 Å². The van der Waals surface area contributed by atoms with Crippen molar-refractivity contribution in [2.75, 3.05) is 0 Å². The topological polar surface area (TPSA) is 57.5 Å². The van der Waals surface area contributed by atoms with E-state index in [4.69, 9.17) is 0 Å². The van der Waals surface area contributed by atoms with Crippen molar-refractivity contribution in [3.63, 3.8) is 0 Å². The number of carbonyl (C=O) groups is 1. The lowest BCUT2D eigenvalue weighted by atomic mass is 9.53. The summed E-state index contributed by atoms with van der Waals surface area (Å²) in [4.78, 5) is 12.1. The molecule has 0 aromatic heterocycles. The van der Waals surface area contributed by atoms with Crippen molar-refractivity contribution in [3.05, 3.63) is 29.3 Å². The molecule has 3 nitrogen and oxygen atoms in total. The van der Waals surface area contributed by atoms with Crippen LogP contribution in [0, 0.1) is 5.92 Å². The van der Waals surface area contributed by atoms with Crippen LogP contribution in [0.3, 0.4) is 0 Å². The number of aryl methyl sites for hydroxylation is 1. The second-order valence-corrected chi connectivity index (χ2v) is 6.66. The van der Waals surface area contributed by atoms with Gasteiger partial charge in [0, 0.05) is 11.8 Å². The average Bonchev–Trinajstić information content (AvgIpc) is 2.39. The Morgan fingerprint density at radius 3 is 2.85 bits per heavy atom. The number of benzene rings is 1. The van der Waals surface area contributed by atoms with Crippen molar-refractivity contribution in [2.45, 2.75) is 57.0 Å². The number of aliphatic hydroxyl groups is 1. The molecule has 0 radical (unpaired) electrons. The van der Waals surface area contributed by atoms with Crippen molar-refractivity contribution in [3.8, 4) is 5.75 Å². The predicted octanol–water partition coefficient (Wildman–Crippen LogP) is 2.72. The summed E-state index contributed by atoms with van der Waals surface area (Å²) in [6, 6.07) is 5.56. The summed E-state index contributed by atoms with van der Waals surface area (Å²) in [5.74, 6) is 0.596. The van der Waals surface area contributed by atoms with Crippen molar-refractivity contribution in [1.29, 1.82) is 0 Å². The fraction of sp³-hybridized carbons (Fsp3) is 0.588. The van der Waals surface area contributed by atoms with Crippen LogP contribution in [0.25, 0.3) is 0 Å². The van der Waals surface area contributed by atoms with Gasteiger partial charge in [-0.2, -0.15) is 0 Å². The van der Waals surface area contributed by atoms with Crippen molar-refractivity contribution in [2.24, 2.45) is 5.92 Å². The number of ketones is 1. The molecule has 2 aliphatic carbocycles. The van der Waals surface area contributed by atoms with Gasteiger partial charge in [-0.3, -0.25) is 4.79 Å². The lowest BCUT2D eigenvalue weighted by molar-refractivity contribution is -0.146. The number of Topliss-reactive ketones (excluding diaryl/α,β-unsaturated/α-hetero) is 1. The van der Waals surface area contributed by atoms with E-state index >= 15 is 0 Å². The number of hydrogen-bond acceptors (Lipinski definition) is 3. The highest BCUT2D eigenvalue weighted by molar-refractivity contribution is 5.88. The van der Waals surface area contributed by atoms with Crippen LogP contribution in [0.1, 0.15) is 50.7 Å². The summed E-state index contributed by atoms with van der Waals surface area (Å²) in [6.07, 6.45) is 3.76. The van der Waals surface area contributed by atoms with Gasteiger partial charge in [0.2, 0.25) is 0 Å². The zero-order valence-electron chi connectivity index (χ0n) is 12.1. The first-order chi connectivity index (χ1) is 9.39. The maximum absolute atomic E-state index is 12.1. The Labute approximate surface area is 119 Å². The van der Waals surface area contributed by atoms with E-state index in [-0.39, 0.29) is 11.2 Å². The summed E-state index contributed by atoms with van der Waals surface area (Å²) >= 11 is 0. The van der Waals surface area contributed by atoms with Gasteiger partial charge >= 0.3 is 0 Å². The first-order valence-corrected chi connectivity index (χ1v) is 7.47. The molecule has 3 heteroatoms. The van der Waals surface area contributed by atoms with Gasteiger partial charge in [0.25, 0.3) is 0 Å². The lowest BCUT2D eigenvalue weighted by Crippen LogP contribution is -2.54. The monoisotopic (exact) mass is 274 g/mol. The fourth-order valence-corrected chi connectivity index (χ4v) is 4.40. The molecule has 0 saturated heterocycles. The smallest absolute Gasteiger partial charge is 0.164 e. The molecule has 0 bridgehead atoms. The van der Waals surface area contributed by atoms with Gasteiger partial charge in [-0.15, -0.1) is 0 Å². The zero-order valence-corrected chi connectivity index (χ0v) is 12.1. The number of aromatic hydroxyl groups is 1. The summed E-state index contributed by atoms with van der Waals surface area (Å²) < 4.78 is 0. The molecule has 0 amide bonds. The van der Waals surface area contributed by atoms with Crippen LogP contribution in [0.2, 0.25) is 0 Å². The van der Waals surface area contributed by atoms with Crippen LogP contribution < -0.4 is 0 Å². The van der Waals surface area contributed by atoms with Gasteiger partial charge < -0.3 is 10.2 Å². The number of phenols is 1. The Morgan fingerprint density at radius 1 is 1.40 bits per heavy atom. The van der Waals surface area contributed by atoms with E-state index in [0.717, 1.165) is 19.3 Å². The standard InChI is InChI=1S/C17H22O3/c1-3-17-10-16(2,20)15(19)9-12(17)5-4-11-8-13(18)6-7-14(11)17/h6-8,12,18,20H,3-5,9-10H2,1-2H3. The summed E-state index contributed by atoms with van der Waals surface area (Å²) in [7, 11) is 0. The van der Waals surface area contributed by atoms with Crippen LogP contribution in [-0.4, -0.2) is 21.6 Å². The molecule has 2 aliphatic rings. The SMILES string of the molecule is CCC12CC(C)(O)C(=O)CC1CCc1cc(O)ccc12. The van der Waals surface area contributed by atoms with E-state index in [9.17, 15) is 15.0 Å². The predicted molar refractivity (Wildman–Crippen MR) is 76.8 cm³/mol. The van der Waals surface area contributed by atoms with Gasteiger partial charge in [-0.05, 0) is 61.8 Å². The van der Waals surface area contributed by atoms with E-state index in [0.29, 0.717) is 24.5 Å². The van der Waals surface area contributed by atoms with Crippen molar-refractivity contribution in [1.82, 2.24) is 0 Å². The van der Waals surface area contributed by atoms with Crippen LogP contribution in [0.15, 0.2) is 18.2 Å². The highest BCUT2D eigenvalue weighted by Gasteiger charge is 2.53. The van der Waals surface area contributed by atoms with Gasteiger partial charge in [-0.1, -0.05) is 13.0 Å². The highest BCUT2D eigenvalue weighted by atomic mass is 16.3. The minimum atomic E-state index is -1.22. The molecule has 0 heterocycles. The number of phenolic OH excluding ortho intramolecular Hbond substituents is 1. The molecule has 3 unspecified atom stereocenters. The summed E-state index contributed by atoms with van der Waals surface area (Å²) in [5.41, 5.74) is 1.05. The molecule has 1 saturated carbocycles. The number of carbonyl (C=O) groups excluding carboxylic acids is 1. The highest BCUT2D eigenvalue weighted by Crippen LogP contribution is 2.53. The molecular weight excluding hydrogens is 252 g/mol. The molecule has 0 spiro atoms. The first-order valence-electron chi connectivity index (χ1n) is 7.47. The molecule has 108 valence electrons. The second kappa shape index (κ2) is 4.32. The molecule has 1 fully saturated rings. The van der Waals surface area contributed by atoms with E-state index in [1.165, 1.54) is 11.1 Å². The lowest BCUT2D eigenvalue weighted by Gasteiger charge is -2.52. The zero-order chi connectivity index (χ0) is 14.5. The maximum Gasteiger partial charge on any atom is 0.164 e. The Bertz CT molecular complexity index is 561. The molecule has 20 heavy (non-hydrogen) atoms. The van der Waals surface area contributed by atoms with Gasteiger partial charge in [0.05, 0.1) is 0 Å². The molecule has 3 atom stereocenters. The Morgan fingerprint density at radius 2 is 2.15 bits per heavy atom. The average molecular weight is 274 g/mol. The van der Waals surface area contributed by atoms with Crippen molar-refractivity contribution < 1.29 is 15.0 Å². The maximum atomic E-state index is 12.1. The van der Waals surface area contributed by atoms with E-state index in [2.05, 4.69) is 6.92 Å². The van der Waals surface area contributed by atoms with Crippen LogP contribution >= 0.6 is 0 Å². The van der Waals surface area contributed by atoms with Gasteiger partial charge in [0.15, 0.2) is 5.78 Å². The summed E-state index contributed by atoms with van der Waals surface area (Å²) in [6.45, 7) is 3.79. The molecule has 3 rings (SSSR count). The van der Waals surface area contributed by atoms with E-state index in [1.54, 1.807) is 13.0 Å². The minimum Gasteiger partial charge on any atom is -0.508 e. The minimum absolute atomic E-state index is 0.0196. The third-order valence-electron chi connectivity index (χ3n) is 5.49. The van der Waals surface area contributed by atoms with Gasteiger partial charge in [0.1, 0.15) is 11.4 Å². The van der Waals surface area contributed by atoms with Gasteiger partial charge in [-0.25, -0.2) is 0 Å². The van der Waals surface area contributed by atoms with Crippen LogP contribution in [0.5, 0.6) is 5.75 Å². The first kappa shape index (κ1) is 13.6. The van der Waals surface area contributed by atoms with E-state index < -0.39 is 5.60 Å². The largest absolute Gasteiger partial charge is 0.508 e. The molecule has 0 aliphatic heterocycles. The number of fused-ring (bicyclic) bond motifs is 3. The second-order valence-electron chi connectivity index (χ2n) is 6.66. The summed E-state index contributed by atoms with van der Waals surface area (Å²) in [5, 5.41) is 20.1. The molecule has 1 aromatic carbocycles. The molecule has 2 N–H and O–H groups in total. The fourth-order valence-electron chi connectivity index (χ4n) is 4.40. The quantitative estimate of drug-likeness (QED) is 0.828. The Hall–Kier alpha value is -1.35. The van der Waals surface area contributed by atoms with Crippen molar-refractivity contribution >= 4 is 5.78 Å². The third kappa shape index (κ3) is 1.80. The van der Waals surface area contributed by atoms with Crippen LogP contribution in [0.4, 0.5) is 0 Å². The normalized spacial score (nSPS) is 36.4. The Kier molecular flexibility index (Phi) is 2.94. The molecular formula is C17H22O3. The van der Waals surface area contributed by atoms with Crippen LogP contribution in [-0.2, 0) is 16.6 Å². The number of rotatable bonds is 1. The third-order valence-corrected chi connectivity index (χ3v) is 5.49. The number of hydrogen-bond donors (Lipinski definition) is 2. The molecule has 1 aromatic rings.